The first-order valence-electron chi connectivity index (χ1n) is 10.3. The average Bonchev–Trinajstić information content (AvgIpc) is 3.01. The molecular formula is C24H30N2O2. The Morgan fingerprint density at radius 3 is 2.18 bits per heavy atom. The molecule has 1 aliphatic heterocycles. The van der Waals surface area contributed by atoms with E-state index in [4.69, 9.17) is 0 Å². The molecule has 148 valence electrons. The van der Waals surface area contributed by atoms with E-state index in [1.54, 1.807) is 6.07 Å². The van der Waals surface area contributed by atoms with Crippen LogP contribution in [0.3, 0.4) is 0 Å². The second-order valence-corrected chi connectivity index (χ2v) is 7.80. The first kappa shape index (κ1) is 20.1. The molecule has 0 unspecified atom stereocenters. The van der Waals surface area contributed by atoms with Crippen LogP contribution in [-0.2, 0) is 6.54 Å². The van der Waals surface area contributed by atoms with Gasteiger partial charge in [-0.15, -0.1) is 0 Å². The van der Waals surface area contributed by atoms with Crippen LogP contribution in [0.5, 0.6) is 0 Å². The Morgan fingerprint density at radius 1 is 0.893 bits per heavy atom. The maximum Gasteiger partial charge on any atom is 0.254 e. The molecule has 28 heavy (non-hydrogen) atoms. The molecule has 0 spiro atoms. The lowest BCUT2D eigenvalue weighted by Gasteiger charge is -2.27. The molecule has 0 atom stereocenters. The molecule has 1 aliphatic rings. The van der Waals surface area contributed by atoms with Gasteiger partial charge in [-0.05, 0) is 50.5 Å². The zero-order valence-corrected chi connectivity index (χ0v) is 16.9. The maximum atomic E-state index is 13.2. The lowest BCUT2D eigenvalue weighted by atomic mass is 10.1. The van der Waals surface area contributed by atoms with Crippen molar-refractivity contribution in [3.05, 3.63) is 71.3 Å². The highest BCUT2D eigenvalue weighted by Crippen LogP contribution is 2.17. The quantitative estimate of drug-likeness (QED) is 0.753. The SMILES string of the molecule is CC(C)N(Cc1ccccc1)C(=O)c1cccc(C(=O)N2CCCCCC2)c1. The van der Waals surface area contributed by atoms with Crippen LogP contribution in [0.1, 0.15) is 65.8 Å². The Kier molecular flexibility index (Phi) is 6.85. The number of benzene rings is 2. The van der Waals surface area contributed by atoms with Crippen LogP contribution in [0.25, 0.3) is 0 Å². The summed E-state index contributed by atoms with van der Waals surface area (Å²) in [5, 5.41) is 0. The van der Waals surface area contributed by atoms with Gasteiger partial charge in [-0.2, -0.15) is 0 Å². The van der Waals surface area contributed by atoms with Crippen molar-refractivity contribution in [2.24, 2.45) is 0 Å². The van der Waals surface area contributed by atoms with Crippen molar-refractivity contribution in [1.82, 2.24) is 9.80 Å². The molecule has 1 saturated heterocycles. The lowest BCUT2D eigenvalue weighted by Crippen LogP contribution is -2.36. The van der Waals surface area contributed by atoms with Gasteiger partial charge in [-0.3, -0.25) is 9.59 Å². The highest BCUT2D eigenvalue weighted by atomic mass is 16.2. The molecule has 0 aromatic heterocycles. The smallest absolute Gasteiger partial charge is 0.254 e. The van der Waals surface area contributed by atoms with E-state index in [-0.39, 0.29) is 17.9 Å². The van der Waals surface area contributed by atoms with Gasteiger partial charge in [0, 0.05) is 36.8 Å². The third-order valence-electron chi connectivity index (χ3n) is 5.33. The standard InChI is InChI=1S/C24H30N2O2/c1-19(2)26(18-20-11-6-5-7-12-20)24(28)22-14-10-13-21(17-22)23(27)25-15-8-3-4-9-16-25/h5-7,10-14,17,19H,3-4,8-9,15-16,18H2,1-2H3. The highest BCUT2D eigenvalue weighted by molar-refractivity contribution is 5.99. The minimum absolute atomic E-state index is 0.0376. The third kappa shape index (κ3) is 5.00. The molecule has 2 aromatic rings. The van der Waals surface area contributed by atoms with E-state index in [1.807, 2.05) is 72.2 Å². The molecule has 0 radical (unpaired) electrons. The Morgan fingerprint density at radius 2 is 1.54 bits per heavy atom. The Bertz CT molecular complexity index is 793. The first-order valence-corrected chi connectivity index (χ1v) is 10.3. The lowest BCUT2D eigenvalue weighted by molar-refractivity contribution is 0.0690. The summed E-state index contributed by atoms with van der Waals surface area (Å²) in [6.07, 6.45) is 4.49. The summed E-state index contributed by atoms with van der Waals surface area (Å²) in [6.45, 7) is 6.22. The minimum atomic E-state index is -0.0376. The molecule has 0 aliphatic carbocycles. The van der Waals surface area contributed by atoms with Gasteiger partial charge in [-0.1, -0.05) is 49.2 Å². The van der Waals surface area contributed by atoms with Crippen LogP contribution in [0.2, 0.25) is 0 Å². The van der Waals surface area contributed by atoms with E-state index in [1.165, 1.54) is 12.8 Å². The molecule has 1 fully saturated rings. The Balaban J connectivity index is 1.79. The number of hydrogen-bond donors (Lipinski definition) is 0. The summed E-state index contributed by atoms with van der Waals surface area (Å²) in [6, 6.07) is 17.3. The van der Waals surface area contributed by atoms with Crippen LogP contribution < -0.4 is 0 Å². The highest BCUT2D eigenvalue weighted by Gasteiger charge is 2.22. The molecule has 4 nitrogen and oxygen atoms in total. The van der Waals surface area contributed by atoms with Crippen molar-refractivity contribution in [3.8, 4) is 0 Å². The van der Waals surface area contributed by atoms with E-state index < -0.39 is 0 Å². The predicted molar refractivity (Wildman–Crippen MR) is 112 cm³/mol. The van der Waals surface area contributed by atoms with Crippen LogP contribution >= 0.6 is 0 Å². The topological polar surface area (TPSA) is 40.6 Å². The summed E-state index contributed by atoms with van der Waals surface area (Å²) in [5.41, 5.74) is 2.28. The normalized spacial score (nSPS) is 14.6. The van der Waals surface area contributed by atoms with Gasteiger partial charge in [0.25, 0.3) is 11.8 Å². The number of carbonyl (C=O) groups is 2. The number of nitrogens with zero attached hydrogens (tertiary/aromatic N) is 2. The second-order valence-electron chi connectivity index (χ2n) is 7.80. The molecule has 0 N–H and O–H groups in total. The summed E-state index contributed by atoms with van der Waals surface area (Å²) in [4.78, 5) is 29.9. The fourth-order valence-corrected chi connectivity index (χ4v) is 3.68. The van der Waals surface area contributed by atoms with Crippen LogP contribution in [0.4, 0.5) is 0 Å². The number of rotatable bonds is 5. The van der Waals surface area contributed by atoms with Crippen molar-refractivity contribution in [1.29, 1.82) is 0 Å². The largest absolute Gasteiger partial charge is 0.339 e. The maximum absolute atomic E-state index is 13.2. The zero-order valence-electron chi connectivity index (χ0n) is 16.9. The van der Waals surface area contributed by atoms with E-state index in [0.29, 0.717) is 17.7 Å². The fraction of sp³-hybridized carbons (Fsp3) is 0.417. The van der Waals surface area contributed by atoms with Gasteiger partial charge in [0.15, 0.2) is 0 Å². The third-order valence-corrected chi connectivity index (χ3v) is 5.33. The summed E-state index contributed by atoms with van der Waals surface area (Å²) >= 11 is 0. The zero-order chi connectivity index (χ0) is 19.9. The van der Waals surface area contributed by atoms with Crippen molar-refractivity contribution in [3.63, 3.8) is 0 Å². The first-order chi connectivity index (χ1) is 13.6. The Hall–Kier alpha value is -2.62. The molecule has 0 saturated carbocycles. The Labute approximate surface area is 168 Å². The second kappa shape index (κ2) is 9.54. The van der Waals surface area contributed by atoms with Crippen LogP contribution in [0, 0.1) is 0 Å². The van der Waals surface area contributed by atoms with Gasteiger partial charge >= 0.3 is 0 Å². The van der Waals surface area contributed by atoms with E-state index in [9.17, 15) is 9.59 Å². The summed E-state index contributed by atoms with van der Waals surface area (Å²) < 4.78 is 0. The number of carbonyl (C=O) groups excluding carboxylic acids is 2. The van der Waals surface area contributed by atoms with Gasteiger partial charge < -0.3 is 9.80 Å². The van der Waals surface area contributed by atoms with Gasteiger partial charge in [0.05, 0.1) is 0 Å². The van der Waals surface area contributed by atoms with E-state index in [0.717, 1.165) is 31.5 Å². The van der Waals surface area contributed by atoms with Crippen molar-refractivity contribution < 1.29 is 9.59 Å². The minimum Gasteiger partial charge on any atom is -0.339 e. The molecular weight excluding hydrogens is 348 g/mol. The molecule has 2 aromatic carbocycles. The van der Waals surface area contributed by atoms with Gasteiger partial charge in [-0.25, -0.2) is 0 Å². The predicted octanol–water partition coefficient (Wildman–Crippen LogP) is 4.75. The summed E-state index contributed by atoms with van der Waals surface area (Å²) in [5.74, 6) is 0.0000701. The average molecular weight is 379 g/mol. The van der Waals surface area contributed by atoms with Gasteiger partial charge in [0.2, 0.25) is 0 Å². The fourth-order valence-electron chi connectivity index (χ4n) is 3.68. The van der Waals surface area contributed by atoms with Crippen LogP contribution in [-0.4, -0.2) is 40.7 Å². The van der Waals surface area contributed by atoms with Crippen molar-refractivity contribution in [2.45, 2.75) is 52.1 Å². The summed E-state index contributed by atoms with van der Waals surface area (Å²) in [7, 11) is 0. The molecule has 1 heterocycles. The van der Waals surface area contributed by atoms with Crippen molar-refractivity contribution in [2.75, 3.05) is 13.1 Å². The van der Waals surface area contributed by atoms with E-state index in [2.05, 4.69) is 0 Å². The number of likely N-dealkylation sites (tertiary alicyclic amines) is 1. The number of hydrogen-bond acceptors (Lipinski definition) is 2. The molecule has 4 heteroatoms. The molecule has 0 bridgehead atoms. The van der Waals surface area contributed by atoms with Crippen LogP contribution in [0.15, 0.2) is 54.6 Å². The monoisotopic (exact) mass is 378 g/mol. The van der Waals surface area contributed by atoms with Crippen molar-refractivity contribution >= 4 is 11.8 Å². The molecule has 2 amide bonds. The number of amides is 2. The van der Waals surface area contributed by atoms with Gasteiger partial charge in [0.1, 0.15) is 0 Å². The van der Waals surface area contributed by atoms with E-state index >= 15 is 0 Å². The molecule has 3 rings (SSSR count).